The lowest BCUT2D eigenvalue weighted by Gasteiger charge is -2.09. The largest absolute Gasteiger partial charge is 0.478 e. The first-order valence-electron chi connectivity index (χ1n) is 5.09. The van der Waals surface area contributed by atoms with Gasteiger partial charge in [-0.05, 0) is 30.3 Å². The predicted octanol–water partition coefficient (Wildman–Crippen LogP) is 1.77. The maximum absolute atomic E-state index is 12.0. The number of aromatic carboxylic acids is 1. The van der Waals surface area contributed by atoms with E-state index in [1.807, 2.05) is 0 Å². The van der Waals surface area contributed by atoms with Crippen molar-refractivity contribution in [1.82, 2.24) is 4.68 Å². The lowest BCUT2D eigenvalue weighted by atomic mass is 10.2. The van der Waals surface area contributed by atoms with Crippen LogP contribution in [0.2, 0.25) is 5.02 Å². The van der Waals surface area contributed by atoms with Gasteiger partial charge in [-0.2, -0.15) is 8.42 Å². The van der Waals surface area contributed by atoms with Crippen LogP contribution in [0.5, 0.6) is 0 Å². The highest BCUT2D eigenvalue weighted by Gasteiger charge is 2.18. The van der Waals surface area contributed by atoms with Crippen molar-refractivity contribution >= 4 is 27.6 Å². The normalized spacial score (nSPS) is 11.2. The maximum atomic E-state index is 12.0. The Balaban J connectivity index is 2.41. The van der Waals surface area contributed by atoms with Crippen LogP contribution in [0.3, 0.4) is 0 Å². The van der Waals surface area contributed by atoms with Gasteiger partial charge in [-0.3, -0.25) is 4.68 Å². The van der Waals surface area contributed by atoms with Gasteiger partial charge in [-0.1, -0.05) is 11.6 Å². The summed E-state index contributed by atoms with van der Waals surface area (Å²) >= 11 is 5.68. The molecule has 1 heterocycles. The Morgan fingerprint density at radius 2 is 1.89 bits per heavy atom. The van der Waals surface area contributed by atoms with Crippen LogP contribution in [0.15, 0.2) is 47.6 Å². The minimum atomic E-state index is -3.87. The lowest BCUT2D eigenvalue weighted by Crippen LogP contribution is -2.22. The van der Waals surface area contributed by atoms with Crippen molar-refractivity contribution in [3.63, 3.8) is 0 Å². The quantitative estimate of drug-likeness (QED) is 0.900. The molecule has 0 radical (unpaired) electrons. The predicted molar refractivity (Wildman–Crippen MR) is 69.4 cm³/mol. The first-order chi connectivity index (χ1) is 8.90. The maximum Gasteiger partial charge on any atom is 0.337 e. The number of carbonyl (C=O) groups is 1. The van der Waals surface area contributed by atoms with Crippen LogP contribution in [0.4, 0.5) is 0 Å². The van der Waals surface area contributed by atoms with E-state index in [9.17, 15) is 13.2 Å². The Morgan fingerprint density at radius 3 is 2.47 bits per heavy atom. The number of hydrogen-bond acceptors (Lipinski definition) is 3. The van der Waals surface area contributed by atoms with Gasteiger partial charge in [0.1, 0.15) is 0 Å². The highest BCUT2D eigenvalue weighted by atomic mass is 35.5. The van der Waals surface area contributed by atoms with Crippen LogP contribution in [-0.2, 0) is 10.0 Å². The smallest absolute Gasteiger partial charge is 0.337 e. The summed E-state index contributed by atoms with van der Waals surface area (Å²) in [5.74, 6) is -1.29. The minimum Gasteiger partial charge on any atom is -0.478 e. The summed E-state index contributed by atoms with van der Waals surface area (Å²) in [6.07, 6.45) is 3.01. The first-order valence-corrected chi connectivity index (χ1v) is 6.95. The van der Waals surface area contributed by atoms with Crippen LogP contribution in [0.25, 0.3) is 0 Å². The van der Waals surface area contributed by atoms with Crippen LogP contribution in [-0.4, -0.2) is 24.2 Å². The molecule has 2 N–H and O–H groups in total. The number of halogens is 1. The molecular weight excluding hydrogens is 292 g/mol. The van der Waals surface area contributed by atoms with Gasteiger partial charge in [0, 0.05) is 12.4 Å². The monoisotopic (exact) mass is 300 g/mol. The third kappa shape index (κ3) is 2.88. The van der Waals surface area contributed by atoms with E-state index >= 15 is 0 Å². The highest BCUT2D eigenvalue weighted by Crippen LogP contribution is 2.20. The molecule has 0 aliphatic rings. The molecule has 0 fully saturated rings. The number of sulfonamides is 1. The summed E-state index contributed by atoms with van der Waals surface area (Å²) in [6.45, 7) is 0. The lowest BCUT2D eigenvalue weighted by molar-refractivity contribution is 0.0697. The van der Waals surface area contributed by atoms with Crippen molar-refractivity contribution in [3.05, 3.63) is 53.3 Å². The molecule has 0 bridgehead atoms. The molecule has 1 aromatic carbocycles. The summed E-state index contributed by atoms with van der Waals surface area (Å²) in [4.78, 5) is 13.0. The zero-order chi connectivity index (χ0) is 14.0. The van der Waals surface area contributed by atoms with Crippen LogP contribution >= 0.6 is 11.6 Å². The van der Waals surface area contributed by atoms with Crippen LogP contribution < -0.4 is 4.83 Å². The Hall–Kier alpha value is -1.99. The number of nitrogens with zero attached hydrogens (tertiary/aromatic N) is 1. The Morgan fingerprint density at radius 1 is 1.26 bits per heavy atom. The Labute approximate surface area is 114 Å². The molecule has 2 rings (SSSR count). The van der Waals surface area contributed by atoms with Crippen molar-refractivity contribution in [2.45, 2.75) is 4.90 Å². The van der Waals surface area contributed by atoms with Crippen molar-refractivity contribution in [3.8, 4) is 0 Å². The molecule has 0 saturated heterocycles. The van der Waals surface area contributed by atoms with E-state index in [1.54, 1.807) is 12.1 Å². The molecule has 19 heavy (non-hydrogen) atoms. The van der Waals surface area contributed by atoms with Crippen molar-refractivity contribution in [2.75, 3.05) is 4.83 Å². The number of carboxylic acid groups (broad SMARTS) is 1. The van der Waals surface area contributed by atoms with Gasteiger partial charge in [-0.15, -0.1) is 0 Å². The van der Waals surface area contributed by atoms with Gasteiger partial charge in [0.05, 0.1) is 15.5 Å². The molecule has 0 aliphatic heterocycles. The average Bonchev–Trinajstić information content (AvgIpc) is 2.80. The van der Waals surface area contributed by atoms with Crippen molar-refractivity contribution in [1.29, 1.82) is 0 Å². The van der Waals surface area contributed by atoms with E-state index in [4.69, 9.17) is 16.7 Å². The summed E-state index contributed by atoms with van der Waals surface area (Å²) in [6, 6.07) is 6.77. The van der Waals surface area contributed by atoms with Gasteiger partial charge < -0.3 is 5.11 Å². The zero-order valence-corrected chi connectivity index (χ0v) is 11.0. The third-order valence-electron chi connectivity index (χ3n) is 2.31. The second-order valence-electron chi connectivity index (χ2n) is 3.63. The topological polar surface area (TPSA) is 88.4 Å². The van der Waals surface area contributed by atoms with E-state index < -0.39 is 16.0 Å². The molecule has 0 amide bonds. The third-order valence-corrected chi connectivity index (χ3v) is 3.96. The molecule has 6 nitrogen and oxygen atoms in total. The number of aromatic nitrogens is 1. The molecular formula is C11H9ClN2O4S. The molecule has 0 aliphatic carbocycles. The fourth-order valence-electron chi connectivity index (χ4n) is 1.42. The molecule has 100 valence electrons. The fourth-order valence-corrected chi connectivity index (χ4v) is 2.65. The van der Waals surface area contributed by atoms with Crippen LogP contribution in [0.1, 0.15) is 10.4 Å². The van der Waals surface area contributed by atoms with Gasteiger partial charge in [0.25, 0.3) is 10.0 Å². The minimum absolute atomic E-state index is 0.0209. The van der Waals surface area contributed by atoms with Gasteiger partial charge in [0.15, 0.2) is 0 Å². The number of nitrogens with one attached hydrogen (secondary N) is 1. The number of benzene rings is 1. The summed E-state index contributed by atoms with van der Waals surface area (Å²) in [5, 5.41) is 8.89. The standard InChI is InChI=1S/C11H9ClN2O4S/c12-10-4-3-8(7-9(10)11(15)16)19(17,18)13-14-5-1-2-6-14/h1-7,13H,(H,15,16). The van der Waals surface area contributed by atoms with E-state index in [1.165, 1.54) is 29.2 Å². The Bertz CT molecular complexity index is 710. The van der Waals surface area contributed by atoms with Gasteiger partial charge >= 0.3 is 5.97 Å². The van der Waals surface area contributed by atoms with Crippen LogP contribution in [0, 0.1) is 0 Å². The summed E-state index contributed by atoms with van der Waals surface area (Å²) in [5.41, 5.74) is -0.267. The van der Waals surface area contributed by atoms with Crippen molar-refractivity contribution in [2.24, 2.45) is 0 Å². The Kier molecular flexibility index (Phi) is 3.50. The fraction of sp³-hybridized carbons (Fsp3) is 0. The number of hydrogen-bond donors (Lipinski definition) is 2. The SMILES string of the molecule is O=C(O)c1cc(S(=O)(=O)Nn2cccc2)ccc1Cl. The molecule has 8 heteroatoms. The first kappa shape index (κ1) is 13.4. The molecule has 0 saturated carbocycles. The van der Waals surface area contributed by atoms with E-state index in [0.717, 1.165) is 6.07 Å². The molecule has 0 atom stereocenters. The van der Waals surface area contributed by atoms with Gasteiger partial charge in [-0.25, -0.2) is 9.63 Å². The molecule has 2 aromatic rings. The average molecular weight is 301 g/mol. The zero-order valence-electron chi connectivity index (χ0n) is 9.45. The second kappa shape index (κ2) is 4.94. The summed E-state index contributed by atoms with van der Waals surface area (Å²) < 4.78 is 25.3. The van der Waals surface area contributed by atoms with Gasteiger partial charge in [0.2, 0.25) is 0 Å². The van der Waals surface area contributed by atoms with E-state index in [-0.39, 0.29) is 15.5 Å². The molecule has 1 aromatic heterocycles. The number of carboxylic acids is 1. The molecule has 0 unspecified atom stereocenters. The van der Waals surface area contributed by atoms with E-state index in [0.29, 0.717) is 0 Å². The highest BCUT2D eigenvalue weighted by molar-refractivity contribution is 7.92. The van der Waals surface area contributed by atoms with Crippen molar-refractivity contribution < 1.29 is 18.3 Å². The second-order valence-corrected chi connectivity index (χ2v) is 5.70. The molecule has 0 spiro atoms. The number of rotatable bonds is 4. The summed E-state index contributed by atoms with van der Waals surface area (Å²) in [7, 11) is -3.87. The van der Waals surface area contributed by atoms with E-state index in [2.05, 4.69) is 4.83 Å².